The van der Waals surface area contributed by atoms with Crippen LogP contribution in [0.2, 0.25) is 0 Å². The third kappa shape index (κ3) is 5.45. The van der Waals surface area contributed by atoms with E-state index < -0.39 is 35.3 Å². The van der Waals surface area contributed by atoms with Gasteiger partial charge in [0.15, 0.2) is 0 Å². The largest absolute Gasteiger partial charge is 0.495 e. The van der Waals surface area contributed by atoms with Crippen LogP contribution < -0.4 is 19.3 Å². The van der Waals surface area contributed by atoms with E-state index in [1.807, 2.05) is 16.7 Å². The number of nitrogens with zero attached hydrogens (tertiary/aromatic N) is 6. The molecule has 0 aliphatic carbocycles. The molecule has 1 N–H and O–H groups in total. The predicted octanol–water partition coefficient (Wildman–Crippen LogP) is 4.95. The molecule has 2 aliphatic rings. The van der Waals surface area contributed by atoms with E-state index in [2.05, 4.69) is 15.0 Å². The van der Waals surface area contributed by atoms with Gasteiger partial charge in [-0.25, -0.2) is 15.0 Å². The minimum atomic E-state index is -4.67. The summed E-state index contributed by atoms with van der Waals surface area (Å²) in [7, 11) is 2.81. The summed E-state index contributed by atoms with van der Waals surface area (Å²) in [6, 6.07) is 3.45. The number of carboxylic acids is 1. The Labute approximate surface area is 236 Å². The number of guanidine groups is 1. The fourth-order valence-electron chi connectivity index (χ4n) is 5.12. The van der Waals surface area contributed by atoms with Gasteiger partial charge in [0.2, 0.25) is 17.0 Å². The molecular formula is C26H26F4N6O4S. The standard InChI is InChI=1S/C26H26F4N6O4S/c1-14-11-34(6-7-35(14)20-10-21(40-3)32-13-31-20)25-33-23-16(12-41-24(23)27)17(9-22(37)38)36(25)18-8-15(26(28,29)30)4-5-19(18)39-2/h4-5,8,10,12-14,17H,6-7,9,11H2,1-3H3,(H,37,38)/t14-,17+/m1/s1. The maximum Gasteiger partial charge on any atom is 0.416 e. The van der Waals surface area contributed by atoms with Gasteiger partial charge < -0.3 is 29.3 Å². The molecule has 0 bridgehead atoms. The van der Waals surface area contributed by atoms with E-state index in [0.717, 1.165) is 23.5 Å². The van der Waals surface area contributed by atoms with Crippen molar-refractivity contribution < 1.29 is 36.9 Å². The first-order valence-corrected chi connectivity index (χ1v) is 13.4. The summed E-state index contributed by atoms with van der Waals surface area (Å²) in [5.41, 5.74) is -0.716. The van der Waals surface area contributed by atoms with Crippen LogP contribution >= 0.6 is 11.3 Å². The number of aromatic nitrogens is 2. The van der Waals surface area contributed by atoms with Crippen molar-refractivity contribution in [2.24, 2.45) is 4.99 Å². The molecule has 15 heteroatoms. The van der Waals surface area contributed by atoms with Crippen molar-refractivity contribution >= 4 is 40.5 Å². The van der Waals surface area contributed by atoms with E-state index in [0.29, 0.717) is 31.3 Å². The number of carbonyl (C=O) groups is 1. The summed E-state index contributed by atoms with van der Waals surface area (Å²) < 4.78 is 67.0. The fourth-order valence-corrected chi connectivity index (χ4v) is 5.89. The topological polar surface area (TPSA) is 104 Å². The number of thiophene rings is 1. The van der Waals surface area contributed by atoms with Gasteiger partial charge in [0.1, 0.15) is 23.6 Å². The van der Waals surface area contributed by atoms with Crippen LogP contribution in [0.4, 0.5) is 34.8 Å². The molecule has 3 aromatic rings. The second-order valence-corrected chi connectivity index (χ2v) is 10.3. The molecule has 218 valence electrons. The quantitative estimate of drug-likeness (QED) is 0.397. The second-order valence-electron chi connectivity index (χ2n) is 9.50. The lowest BCUT2D eigenvalue weighted by Crippen LogP contribution is -2.58. The second kappa shape index (κ2) is 11.0. The monoisotopic (exact) mass is 594 g/mol. The molecule has 0 amide bonds. The lowest BCUT2D eigenvalue weighted by molar-refractivity contribution is -0.138. The summed E-state index contributed by atoms with van der Waals surface area (Å²) in [4.78, 5) is 30.2. The number of fused-ring (bicyclic) bond motifs is 1. The van der Waals surface area contributed by atoms with Crippen molar-refractivity contribution in [2.45, 2.75) is 31.6 Å². The molecule has 0 radical (unpaired) electrons. The van der Waals surface area contributed by atoms with Gasteiger partial charge in [0, 0.05) is 42.7 Å². The number of anilines is 2. The van der Waals surface area contributed by atoms with E-state index in [9.17, 15) is 27.5 Å². The van der Waals surface area contributed by atoms with Crippen molar-refractivity contribution in [1.29, 1.82) is 0 Å². The molecule has 4 heterocycles. The Morgan fingerprint density at radius 2 is 1.95 bits per heavy atom. The zero-order valence-corrected chi connectivity index (χ0v) is 23.0. The Balaban J connectivity index is 1.60. The average molecular weight is 595 g/mol. The molecule has 0 spiro atoms. The van der Waals surface area contributed by atoms with E-state index >= 15 is 0 Å². The zero-order valence-electron chi connectivity index (χ0n) is 22.2. The summed E-state index contributed by atoms with van der Waals surface area (Å²) in [5, 5.41) is 10.6. The number of ether oxygens (including phenoxy) is 2. The number of methoxy groups -OCH3 is 2. The van der Waals surface area contributed by atoms with E-state index in [4.69, 9.17) is 9.47 Å². The Hall–Kier alpha value is -4.14. The van der Waals surface area contributed by atoms with Crippen molar-refractivity contribution in [1.82, 2.24) is 14.9 Å². The summed E-state index contributed by atoms with van der Waals surface area (Å²) >= 11 is 0.759. The molecule has 1 saturated heterocycles. The number of aliphatic imine (C=N–C) groups is 1. The molecule has 1 fully saturated rings. The number of hydrogen-bond donors (Lipinski definition) is 1. The number of piperazine rings is 1. The molecule has 2 atom stereocenters. The molecular weight excluding hydrogens is 568 g/mol. The minimum absolute atomic E-state index is 0.0194. The zero-order chi connectivity index (χ0) is 29.5. The highest BCUT2D eigenvalue weighted by Gasteiger charge is 2.41. The van der Waals surface area contributed by atoms with Gasteiger partial charge >= 0.3 is 12.1 Å². The van der Waals surface area contributed by atoms with Crippen LogP contribution in [0.15, 0.2) is 41.0 Å². The van der Waals surface area contributed by atoms with Gasteiger partial charge in [-0.1, -0.05) is 0 Å². The van der Waals surface area contributed by atoms with Gasteiger partial charge in [0.05, 0.1) is 37.9 Å². The summed E-state index contributed by atoms with van der Waals surface area (Å²) in [6.45, 7) is 3.01. The highest BCUT2D eigenvalue weighted by atomic mass is 32.1. The molecule has 5 rings (SSSR count). The lowest BCUT2D eigenvalue weighted by Gasteiger charge is -2.46. The summed E-state index contributed by atoms with van der Waals surface area (Å²) in [5.74, 6) is 0.0214. The van der Waals surface area contributed by atoms with Crippen LogP contribution in [0.3, 0.4) is 0 Å². The third-order valence-corrected chi connectivity index (χ3v) is 7.79. The van der Waals surface area contributed by atoms with Gasteiger partial charge in [-0.15, -0.1) is 11.3 Å². The van der Waals surface area contributed by atoms with Crippen molar-refractivity contribution in [3.05, 3.63) is 52.2 Å². The van der Waals surface area contributed by atoms with Gasteiger partial charge in [0.25, 0.3) is 0 Å². The van der Waals surface area contributed by atoms with Crippen LogP contribution in [0.1, 0.15) is 30.5 Å². The highest BCUT2D eigenvalue weighted by Crippen LogP contribution is 2.47. The Morgan fingerprint density at radius 1 is 1.17 bits per heavy atom. The number of carboxylic acid groups (broad SMARTS) is 1. The number of halogens is 4. The molecule has 10 nitrogen and oxygen atoms in total. The first-order valence-electron chi connectivity index (χ1n) is 12.5. The first-order chi connectivity index (χ1) is 19.5. The van der Waals surface area contributed by atoms with Crippen molar-refractivity contribution in [2.75, 3.05) is 43.7 Å². The normalized spacial score (nSPS) is 19.1. The molecule has 0 unspecified atom stereocenters. The third-order valence-electron chi connectivity index (χ3n) is 7.02. The van der Waals surface area contributed by atoms with Gasteiger partial charge in [-0.3, -0.25) is 4.79 Å². The Bertz CT molecular complexity index is 1480. The fraction of sp³-hybridized carbons (Fsp3) is 0.385. The maximum atomic E-state index is 14.9. The summed E-state index contributed by atoms with van der Waals surface area (Å²) in [6.07, 6.45) is -3.80. The molecule has 1 aromatic carbocycles. The van der Waals surface area contributed by atoms with Crippen molar-refractivity contribution in [3.63, 3.8) is 0 Å². The molecule has 0 saturated carbocycles. The Kier molecular flexibility index (Phi) is 7.64. The lowest BCUT2D eigenvalue weighted by atomic mass is 10.00. The van der Waals surface area contributed by atoms with Crippen molar-refractivity contribution in [3.8, 4) is 11.6 Å². The number of alkyl halides is 3. The smallest absolute Gasteiger partial charge is 0.416 e. The molecule has 41 heavy (non-hydrogen) atoms. The van der Waals surface area contributed by atoms with E-state index in [1.54, 1.807) is 6.07 Å². The van der Waals surface area contributed by atoms with Crippen LogP contribution in [-0.2, 0) is 11.0 Å². The Morgan fingerprint density at radius 3 is 2.61 bits per heavy atom. The highest BCUT2D eigenvalue weighted by molar-refractivity contribution is 7.08. The van der Waals surface area contributed by atoms with Gasteiger partial charge in [-0.2, -0.15) is 17.6 Å². The van der Waals surface area contributed by atoms with Crippen LogP contribution in [0.25, 0.3) is 0 Å². The SMILES string of the molecule is COc1cc(N2CCN(C3=Nc4c(csc4F)[C@H](CC(=O)O)N3c3cc(C(F)(F)F)ccc3OC)C[C@H]2C)ncn1. The number of benzene rings is 1. The number of rotatable bonds is 6. The van der Waals surface area contributed by atoms with E-state index in [1.165, 1.54) is 36.9 Å². The van der Waals surface area contributed by atoms with E-state index in [-0.39, 0.29) is 34.7 Å². The number of aliphatic carboxylic acids is 1. The molecule has 2 aliphatic heterocycles. The maximum absolute atomic E-state index is 14.9. The van der Waals surface area contributed by atoms with Gasteiger partial charge in [-0.05, 0) is 25.1 Å². The van der Waals surface area contributed by atoms with Crippen LogP contribution in [-0.4, -0.2) is 71.8 Å². The minimum Gasteiger partial charge on any atom is -0.495 e. The van der Waals surface area contributed by atoms with Crippen LogP contribution in [0.5, 0.6) is 11.6 Å². The number of hydrogen-bond acceptors (Lipinski definition) is 10. The first kappa shape index (κ1) is 28.4. The van der Waals surface area contributed by atoms with Crippen LogP contribution in [0, 0.1) is 5.13 Å². The predicted molar refractivity (Wildman–Crippen MR) is 144 cm³/mol. The average Bonchev–Trinajstić information content (AvgIpc) is 3.32. The molecule has 2 aromatic heterocycles.